The van der Waals surface area contributed by atoms with Gasteiger partial charge in [-0.05, 0) is 49.2 Å². The molecule has 4 aromatic rings. The van der Waals surface area contributed by atoms with Crippen LogP contribution < -0.4 is 5.56 Å². The first-order chi connectivity index (χ1) is 13.5. The molecule has 0 N–H and O–H groups in total. The van der Waals surface area contributed by atoms with Gasteiger partial charge in [-0.25, -0.2) is 9.97 Å². The lowest BCUT2D eigenvalue weighted by atomic mass is 10.0. The molecule has 0 unspecified atom stereocenters. The lowest BCUT2D eigenvalue weighted by molar-refractivity contribution is 0.735. The molecule has 28 heavy (non-hydrogen) atoms. The van der Waals surface area contributed by atoms with Crippen molar-refractivity contribution in [2.24, 2.45) is 7.05 Å². The molecule has 6 nitrogen and oxygen atoms in total. The van der Waals surface area contributed by atoms with Gasteiger partial charge >= 0.3 is 0 Å². The van der Waals surface area contributed by atoms with Gasteiger partial charge in [0.15, 0.2) is 5.65 Å². The Morgan fingerprint density at radius 3 is 2.86 bits per heavy atom. The van der Waals surface area contributed by atoms with Crippen molar-refractivity contribution in [3.8, 4) is 0 Å². The fourth-order valence-corrected chi connectivity index (χ4v) is 3.19. The molecule has 3 aromatic heterocycles. The largest absolute Gasteiger partial charge is 0.294 e. The van der Waals surface area contributed by atoms with Crippen molar-refractivity contribution in [1.29, 1.82) is 0 Å². The predicted octanol–water partition coefficient (Wildman–Crippen LogP) is 3.73. The van der Waals surface area contributed by atoms with Gasteiger partial charge in [0.1, 0.15) is 6.33 Å². The highest BCUT2D eigenvalue weighted by atomic mass is 16.1. The Bertz CT molecular complexity index is 1290. The average Bonchev–Trinajstić information content (AvgIpc) is 3.07. The average molecular weight is 371 g/mol. The summed E-state index contributed by atoms with van der Waals surface area (Å²) in [5.74, 6) is 0. The molecule has 0 radical (unpaired) electrons. The van der Waals surface area contributed by atoms with E-state index < -0.39 is 0 Å². The van der Waals surface area contributed by atoms with Gasteiger partial charge < -0.3 is 0 Å². The van der Waals surface area contributed by atoms with Crippen LogP contribution >= 0.6 is 0 Å². The molecule has 4 rings (SSSR count). The van der Waals surface area contributed by atoms with Gasteiger partial charge in [0.05, 0.1) is 10.9 Å². The monoisotopic (exact) mass is 371 g/mol. The topological polar surface area (TPSA) is 65.6 Å². The minimum absolute atomic E-state index is 0.0754. The van der Waals surface area contributed by atoms with Crippen LogP contribution in [-0.2, 0) is 13.6 Å². The van der Waals surface area contributed by atoms with Crippen LogP contribution in [0, 0.1) is 0 Å². The summed E-state index contributed by atoms with van der Waals surface area (Å²) >= 11 is 0. The standard InChI is InChI=1S/C22H21N5O/c1-15(12-27-14-24-21-19(22(27)28)5-4-10-23-21)6-7-16(2)17-8-9-20-18(11-17)13-26(3)25-20/h4-11,13-14H,12H2,1-3H3. The van der Waals surface area contributed by atoms with E-state index >= 15 is 0 Å². The molecule has 0 amide bonds. The number of hydrogen-bond acceptors (Lipinski definition) is 4. The van der Waals surface area contributed by atoms with Gasteiger partial charge in [0.2, 0.25) is 0 Å². The highest BCUT2D eigenvalue weighted by Crippen LogP contribution is 2.20. The van der Waals surface area contributed by atoms with Crippen molar-refractivity contribution in [2.75, 3.05) is 0 Å². The second-order valence-electron chi connectivity index (χ2n) is 6.99. The second kappa shape index (κ2) is 7.23. The van der Waals surface area contributed by atoms with E-state index in [4.69, 9.17) is 0 Å². The number of rotatable bonds is 4. The zero-order valence-electron chi connectivity index (χ0n) is 16.1. The molecule has 0 saturated carbocycles. The van der Waals surface area contributed by atoms with Crippen LogP contribution in [0.4, 0.5) is 0 Å². The van der Waals surface area contributed by atoms with Crippen LogP contribution in [0.2, 0.25) is 0 Å². The molecule has 0 bridgehead atoms. The summed E-state index contributed by atoms with van der Waals surface area (Å²) in [5, 5.41) is 6.06. The number of aryl methyl sites for hydroxylation is 1. The summed E-state index contributed by atoms with van der Waals surface area (Å²) in [6, 6.07) is 9.76. The summed E-state index contributed by atoms with van der Waals surface area (Å²) in [6.45, 7) is 4.58. The molecule has 0 spiro atoms. The molecule has 0 aliphatic heterocycles. The van der Waals surface area contributed by atoms with E-state index in [-0.39, 0.29) is 5.56 Å². The SMILES string of the molecule is CC(=CC=C(C)c1ccc2nn(C)cc2c1)Cn1cnc2ncccc2c1=O. The van der Waals surface area contributed by atoms with E-state index in [9.17, 15) is 4.79 Å². The first kappa shape index (κ1) is 17.9. The summed E-state index contributed by atoms with van der Waals surface area (Å²) in [6.07, 6.45) is 9.33. The third-order valence-electron chi connectivity index (χ3n) is 4.71. The van der Waals surface area contributed by atoms with Crippen molar-refractivity contribution in [3.05, 3.63) is 82.7 Å². The maximum atomic E-state index is 12.6. The maximum Gasteiger partial charge on any atom is 0.263 e. The number of aromatic nitrogens is 5. The predicted molar refractivity (Wildman–Crippen MR) is 112 cm³/mol. The van der Waals surface area contributed by atoms with Gasteiger partial charge in [-0.3, -0.25) is 14.0 Å². The number of fused-ring (bicyclic) bond motifs is 2. The molecule has 3 heterocycles. The van der Waals surface area contributed by atoms with Crippen LogP contribution in [0.1, 0.15) is 19.4 Å². The van der Waals surface area contributed by atoms with Crippen molar-refractivity contribution < 1.29 is 0 Å². The van der Waals surface area contributed by atoms with E-state index in [0.29, 0.717) is 17.6 Å². The van der Waals surface area contributed by atoms with Gasteiger partial charge in [0, 0.05) is 31.4 Å². The Morgan fingerprint density at radius 1 is 1.14 bits per heavy atom. The molecule has 140 valence electrons. The Kier molecular flexibility index (Phi) is 4.61. The summed E-state index contributed by atoms with van der Waals surface area (Å²) in [5.41, 5.74) is 4.76. The van der Waals surface area contributed by atoms with Crippen LogP contribution in [-0.4, -0.2) is 24.3 Å². The Hall–Kier alpha value is -3.54. The lowest BCUT2D eigenvalue weighted by Crippen LogP contribution is -2.21. The molecule has 0 atom stereocenters. The maximum absolute atomic E-state index is 12.6. The van der Waals surface area contributed by atoms with E-state index in [1.807, 2.05) is 37.0 Å². The number of pyridine rings is 1. The summed E-state index contributed by atoms with van der Waals surface area (Å²) < 4.78 is 3.43. The fourth-order valence-electron chi connectivity index (χ4n) is 3.19. The molecule has 0 fully saturated rings. The normalized spacial score (nSPS) is 12.8. The van der Waals surface area contributed by atoms with Crippen LogP contribution in [0.5, 0.6) is 0 Å². The molecule has 0 aliphatic rings. The third kappa shape index (κ3) is 3.49. The van der Waals surface area contributed by atoms with Crippen molar-refractivity contribution in [2.45, 2.75) is 20.4 Å². The zero-order valence-corrected chi connectivity index (χ0v) is 16.1. The fraction of sp³-hybridized carbons (Fsp3) is 0.182. The van der Waals surface area contributed by atoms with Crippen molar-refractivity contribution in [3.63, 3.8) is 0 Å². The van der Waals surface area contributed by atoms with Crippen LogP contribution in [0.15, 0.2) is 71.6 Å². The van der Waals surface area contributed by atoms with Crippen LogP contribution in [0.25, 0.3) is 27.5 Å². The number of benzene rings is 1. The summed E-state index contributed by atoms with van der Waals surface area (Å²) in [7, 11) is 1.92. The van der Waals surface area contributed by atoms with Crippen molar-refractivity contribution >= 4 is 27.5 Å². The number of allylic oxidation sites excluding steroid dienone is 4. The Morgan fingerprint density at radius 2 is 2.00 bits per heavy atom. The Labute approximate surface area is 162 Å². The molecular formula is C22H21N5O. The number of hydrogen-bond donors (Lipinski definition) is 0. The van der Waals surface area contributed by atoms with Gasteiger partial charge in [-0.15, -0.1) is 0 Å². The van der Waals surface area contributed by atoms with Crippen molar-refractivity contribution in [1.82, 2.24) is 24.3 Å². The lowest BCUT2D eigenvalue weighted by Gasteiger charge is -2.06. The molecule has 1 aromatic carbocycles. The highest BCUT2D eigenvalue weighted by Gasteiger charge is 2.05. The van der Waals surface area contributed by atoms with E-state index in [2.05, 4.69) is 40.2 Å². The molecular weight excluding hydrogens is 350 g/mol. The minimum atomic E-state index is -0.0754. The first-order valence-corrected chi connectivity index (χ1v) is 9.09. The number of nitrogens with zero attached hydrogens (tertiary/aromatic N) is 5. The van der Waals surface area contributed by atoms with Gasteiger partial charge in [-0.1, -0.05) is 23.8 Å². The first-order valence-electron chi connectivity index (χ1n) is 9.09. The Balaban J connectivity index is 1.58. The zero-order chi connectivity index (χ0) is 19.7. The quantitative estimate of drug-likeness (QED) is 0.513. The van der Waals surface area contributed by atoms with E-state index in [1.54, 1.807) is 29.2 Å². The third-order valence-corrected chi connectivity index (χ3v) is 4.71. The second-order valence-corrected chi connectivity index (χ2v) is 6.99. The minimum Gasteiger partial charge on any atom is -0.294 e. The highest BCUT2D eigenvalue weighted by molar-refractivity contribution is 5.83. The molecule has 0 saturated heterocycles. The van der Waals surface area contributed by atoms with Gasteiger partial charge in [-0.2, -0.15) is 5.10 Å². The molecule has 0 aliphatic carbocycles. The molecule has 6 heteroatoms. The summed E-state index contributed by atoms with van der Waals surface area (Å²) in [4.78, 5) is 21.0. The van der Waals surface area contributed by atoms with Crippen LogP contribution in [0.3, 0.4) is 0 Å². The van der Waals surface area contributed by atoms with E-state index in [0.717, 1.165) is 27.6 Å². The smallest absolute Gasteiger partial charge is 0.263 e. The van der Waals surface area contributed by atoms with Gasteiger partial charge in [0.25, 0.3) is 5.56 Å². The van der Waals surface area contributed by atoms with E-state index in [1.165, 1.54) is 0 Å².